The fourth-order valence-electron chi connectivity index (χ4n) is 1.42. The van der Waals surface area contributed by atoms with Gasteiger partial charge < -0.3 is 20.5 Å². The zero-order valence-corrected chi connectivity index (χ0v) is 11.5. The number of hydrogen-bond donors (Lipinski definition) is 3. The minimum Gasteiger partial charge on any atom is -0.495 e. The van der Waals surface area contributed by atoms with Crippen LogP contribution in [-0.2, 0) is 9.59 Å². The summed E-state index contributed by atoms with van der Waals surface area (Å²) < 4.78 is 4.95. The molecule has 0 saturated carbocycles. The van der Waals surface area contributed by atoms with Crippen LogP contribution in [0.5, 0.6) is 5.75 Å². The van der Waals surface area contributed by atoms with E-state index in [-0.39, 0.29) is 23.7 Å². The van der Waals surface area contributed by atoms with Gasteiger partial charge in [0.1, 0.15) is 5.75 Å². The van der Waals surface area contributed by atoms with E-state index >= 15 is 0 Å². The number of nitro groups is 1. The van der Waals surface area contributed by atoms with Crippen molar-refractivity contribution < 1.29 is 24.4 Å². The Morgan fingerprint density at radius 2 is 2.10 bits per heavy atom. The van der Waals surface area contributed by atoms with Gasteiger partial charge in [0.05, 0.1) is 24.3 Å². The molecule has 9 heteroatoms. The maximum Gasteiger partial charge on any atom is 0.313 e. The second-order valence-electron chi connectivity index (χ2n) is 4.15. The number of nitrogens with zero attached hydrogens (tertiary/aromatic N) is 1. The minimum absolute atomic E-state index is 0.00324. The molecule has 114 valence electrons. The maximum absolute atomic E-state index is 11.7. The number of aliphatic hydroxyl groups excluding tert-OH is 1. The maximum atomic E-state index is 11.7. The second kappa shape index (κ2) is 7.20. The third-order valence-corrected chi connectivity index (χ3v) is 2.50. The van der Waals surface area contributed by atoms with Gasteiger partial charge >= 0.3 is 11.8 Å². The Hall–Kier alpha value is -2.68. The average molecular weight is 297 g/mol. The van der Waals surface area contributed by atoms with Gasteiger partial charge in [-0.05, 0) is 13.0 Å². The number of nitrogens with one attached hydrogen (secondary N) is 2. The Labute approximate surface area is 120 Å². The average Bonchev–Trinajstić information content (AvgIpc) is 2.46. The number of aliphatic hydroxyl groups is 1. The first kappa shape index (κ1) is 16.4. The largest absolute Gasteiger partial charge is 0.495 e. The molecule has 0 saturated heterocycles. The molecule has 9 nitrogen and oxygen atoms in total. The van der Waals surface area contributed by atoms with Crippen molar-refractivity contribution in [2.75, 3.05) is 19.0 Å². The number of rotatable bonds is 5. The number of carbonyl (C=O) groups excluding carboxylic acids is 2. The summed E-state index contributed by atoms with van der Waals surface area (Å²) in [5.41, 5.74) is -0.251. The summed E-state index contributed by atoms with van der Waals surface area (Å²) in [7, 11) is 1.32. The van der Waals surface area contributed by atoms with Gasteiger partial charge in [-0.15, -0.1) is 0 Å². The lowest BCUT2D eigenvalue weighted by molar-refractivity contribution is -0.384. The number of nitro benzene ring substituents is 1. The molecule has 3 N–H and O–H groups in total. The number of anilines is 1. The van der Waals surface area contributed by atoms with Gasteiger partial charge in [-0.1, -0.05) is 0 Å². The van der Waals surface area contributed by atoms with E-state index in [1.54, 1.807) is 0 Å². The van der Waals surface area contributed by atoms with Crippen LogP contribution in [0.15, 0.2) is 18.2 Å². The topological polar surface area (TPSA) is 131 Å². The quantitative estimate of drug-likeness (QED) is 0.399. The first-order valence-electron chi connectivity index (χ1n) is 5.94. The van der Waals surface area contributed by atoms with E-state index in [1.807, 2.05) is 0 Å². The summed E-state index contributed by atoms with van der Waals surface area (Å²) in [5, 5.41) is 24.0. The van der Waals surface area contributed by atoms with Crippen molar-refractivity contribution in [3.8, 4) is 5.75 Å². The van der Waals surface area contributed by atoms with Crippen molar-refractivity contribution in [2.45, 2.75) is 13.0 Å². The van der Waals surface area contributed by atoms with Crippen LogP contribution < -0.4 is 15.4 Å². The van der Waals surface area contributed by atoms with E-state index in [4.69, 9.17) is 9.84 Å². The Morgan fingerprint density at radius 3 is 2.62 bits per heavy atom. The van der Waals surface area contributed by atoms with Gasteiger partial charge in [-0.2, -0.15) is 0 Å². The molecule has 0 aliphatic carbocycles. The molecule has 0 radical (unpaired) electrons. The molecule has 1 rings (SSSR count). The third kappa shape index (κ3) is 4.42. The van der Waals surface area contributed by atoms with Gasteiger partial charge in [0.15, 0.2) is 0 Å². The van der Waals surface area contributed by atoms with Crippen molar-refractivity contribution in [1.82, 2.24) is 5.32 Å². The van der Waals surface area contributed by atoms with Crippen molar-refractivity contribution in [1.29, 1.82) is 0 Å². The summed E-state index contributed by atoms with van der Waals surface area (Å²) in [6, 6.07) is 3.01. The Kier molecular flexibility index (Phi) is 5.61. The van der Waals surface area contributed by atoms with Gasteiger partial charge in [0.2, 0.25) is 0 Å². The lowest BCUT2D eigenvalue weighted by atomic mass is 10.2. The molecule has 0 aliphatic rings. The van der Waals surface area contributed by atoms with Gasteiger partial charge in [-0.25, -0.2) is 0 Å². The van der Waals surface area contributed by atoms with Crippen LogP contribution in [0.2, 0.25) is 0 Å². The number of non-ortho nitro benzene ring substituents is 1. The fourth-order valence-corrected chi connectivity index (χ4v) is 1.42. The van der Waals surface area contributed by atoms with E-state index in [9.17, 15) is 19.7 Å². The molecule has 0 bridgehead atoms. The SMILES string of the molecule is COc1ccc([N+](=O)[O-])cc1NC(=O)C(=O)N[C@H](C)CO. The van der Waals surface area contributed by atoms with Crippen LogP contribution in [-0.4, -0.2) is 41.6 Å². The van der Waals surface area contributed by atoms with Gasteiger partial charge in [0.25, 0.3) is 5.69 Å². The molecular weight excluding hydrogens is 282 g/mol. The second-order valence-corrected chi connectivity index (χ2v) is 4.15. The van der Waals surface area contributed by atoms with Crippen molar-refractivity contribution in [2.24, 2.45) is 0 Å². The van der Waals surface area contributed by atoms with Crippen LogP contribution >= 0.6 is 0 Å². The molecule has 1 aromatic carbocycles. The zero-order chi connectivity index (χ0) is 16.0. The third-order valence-electron chi connectivity index (χ3n) is 2.50. The van der Waals surface area contributed by atoms with E-state index in [2.05, 4.69) is 10.6 Å². The highest BCUT2D eigenvalue weighted by Crippen LogP contribution is 2.28. The summed E-state index contributed by atoms with van der Waals surface area (Å²) in [5.74, 6) is -1.81. The lowest BCUT2D eigenvalue weighted by Gasteiger charge is -2.12. The number of carbonyl (C=O) groups is 2. The molecule has 1 atom stereocenters. The minimum atomic E-state index is -1.02. The predicted molar refractivity (Wildman–Crippen MR) is 73.0 cm³/mol. The number of methoxy groups -OCH3 is 1. The summed E-state index contributed by atoms with van der Waals surface area (Å²) in [6.45, 7) is 1.19. The van der Waals surface area contributed by atoms with E-state index < -0.39 is 22.8 Å². The number of benzene rings is 1. The molecule has 0 unspecified atom stereocenters. The number of amides is 2. The molecule has 0 spiro atoms. The summed E-state index contributed by atoms with van der Waals surface area (Å²) in [4.78, 5) is 33.3. The van der Waals surface area contributed by atoms with Crippen molar-refractivity contribution >= 4 is 23.2 Å². The number of ether oxygens (including phenoxy) is 1. The van der Waals surface area contributed by atoms with Crippen molar-refractivity contribution in [3.63, 3.8) is 0 Å². The highest BCUT2D eigenvalue weighted by Gasteiger charge is 2.19. The summed E-state index contributed by atoms with van der Waals surface area (Å²) in [6.07, 6.45) is 0. The molecule has 0 aromatic heterocycles. The molecular formula is C12H15N3O6. The van der Waals surface area contributed by atoms with E-state index in [0.29, 0.717) is 0 Å². The highest BCUT2D eigenvalue weighted by molar-refractivity contribution is 6.39. The lowest BCUT2D eigenvalue weighted by Crippen LogP contribution is -2.42. The van der Waals surface area contributed by atoms with E-state index in [0.717, 1.165) is 6.07 Å². The van der Waals surface area contributed by atoms with Crippen LogP contribution in [0.3, 0.4) is 0 Å². The van der Waals surface area contributed by atoms with Crippen LogP contribution in [0.1, 0.15) is 6.92 Å². The number of hydrogen-bond acceptors (Lipinski definition) is 6. The zero-order valence-electron chi connectivity index (χ0n) is 11.5. The molecule has 21 heavy (non-hydrogen) atoms. The predicted octanol–water partition coefficient (Wildman–Crippen LogP) is 0.0389. The first-order valence-corrected chi connectivity index (χ1v) is 5.94. The van der Waals surface area contributed by atoms with E-state index in [1.165, 1.54) is 26.2 Å². The van der Waals surface area contributed by atoms with Gasteiger partial charge in [-0.3, -0.25) is 19.7 Å². The first-order chi connectivity index (χ1) is 9.88. The Bertz CT molecular complexity index is 560. The monoisotopic (exact) mass is 297 g/mol. The molecule has 1 aromatic rings. The van der Waals surface area contributed by atoms with Crippen molar-refractivity contribution in [3.05, 3.63) is 28.3 Å². The standard InChI is InChI=1S/C12H15N3O6/c1-7(6-16)13-11(17)12(18)14-9-5-8(15(19)20)3-4-10(9)21-2/h3-5,7,16H,6H2,1-2H3,(H,13,17)(H,14,18)/t7-/m1/s1. The van der Waals surface area contributed by atoms with Crippen LogP contribution in [0.4, 0.5) is 11.4 Å². The Balaban J connectivity index is 2.90. The smallest absolute Gasteiger partial charge is 0.313 e. The summed E-state index contributed by atoms with van der Waals surface area (Å²) >= 11 is 0. The fraction of sp³-hybridized carbons (Fsp3) is 0.333. The molecule has 0 fully saturated rings. The van der Waals surface area contributed by atoms with Crippen LogP contribution in [0, 0.1) is 10.1 Å². The highest BCUT2D eigenvalue weighted by atomic mass is 16.6. The molecule has 0 heterocycles. The molecule has 2 amide bonds. The molecule has 0 aliphatic heterocycles. The Morgan fingerprint density at radius 1 is 1.43 bits per heavy atom. The van der Waals surface area contributed by atoms with Gasteiger partial charge in [0, 0.05) is 18.2 Å². The van der Waals surface area contributed by atoms with Crippen LogP contribution in [0.25, 0.3) is 0 Å². The normalized spacial score (nSPS) is 11.4.